The monoisotopic (exact) mass is 258 g/mol. The summed E-state index contributed by atoms with van der Waals surface area (Å²) in [4.78, 5) is 22.9. The van der Waals surface area contributed by atoms with Crippen molar-refractivity contribution in [3.63, 3.8) is 0 Å². The molecule has 2 atom stereocenters. The van der Waals surface area contributed by atoms with Crippen molar-refractivity contribution in [2.45, 2.75) is 65.5 Å². The number of hydrogen-bond acceptors (Lipinski definition) is 2. The van der Waals surface area contributed by atoms with E-state index >= 15 is 0 Å². The number of urea groups is 1. The third-order valence-electron chi connectivity index (χ3n) is 3.09. The average Bonchev–Trinajstić information content (AvgIpc) is 2.23. The van der Waals surface area contributed by atoms with E-state index in [1.54, 1.807) is 0 Å². The Labute approximate surface area is 109 Å². The van der Waals surface area contributed by atoms with Gasteiger partial charge < -0.3 is 15.7 Å². The Morgan fingerprint density at radius 1 is 1.28 bits per heavy atom. The Morgan fingerprint density at radius 2 is 1.83 bits per heavy atom. The maximum atomic E-state index is 11.8. The Hall–Kier alpha value is -1.26. The number of nitrogens with one attached hydrogen (secondary N) is 2. The molecule has 3 N–H and O–H groups in total. The van der Waals surface area contributed by atoms with Crippen LogP contribution in [-0.4, -0.2) is 28.7 Å². The van der Waals surface area contributed by atoms with Crippen LogP contribution >= 0.6 is 0 Å². The van der Waals surface area contributed by atoms with Gasteiger partial charge in [0, 0.05) is 5.54 Å². The minimum Gasteiger partial charge on any atom is -0.480 e. The summed E-state index contributed by atoms with van der Waals surface area (Å²) in [5.41, 5.74) is -0.322. The van der Waals surface area contributed by atoms with Crippen LogP contribution in [0.5, 0.6) is 0 Å². The Kier molecular flexibility index (Phi) is 6.73. The summed E-state index contributed by atoms with van der Waals surface area (Å²) < 4.78 is 0. The highest BCUT2D eigenvalue weighted by Crippen LogP contribution is 2.11. The summed E-state index contributed by atoms with van der Waals surface area (Å²) in [5.74, 6) is -1.09. The molecule has 0 heterocycles. The van der Waals surface area contributed by atoms with E-state index < -0.39 is 18.0 Å². The number of carbonyl (C=O) groups excluding carboxylic acids is 1. The summed E-state index contributed by atoms with van der Waals surface area (Å²) in [6.07, 6.45) is 2.51. The molecule has 0 fully saturated rings. The first-order valence-corrected chi connectivity index (χ1v) is 6.55. The number of carbonyl (C=O) groups is 2. The van der Waals surface area contributed by atoms with Crippen molar-refractivity contribution in [2.75, 3.05) is 0 Å². The zero-order valence-corrected chi connectivity index (χ0v) is 12.0. The molecule has 0 aliphatic rings. The summed E-state index contributed by atoms with van der Waals surface area (Å²) >= 11 is 0. The second-order valence-corrected chi connectivity index (χ2v) is 5.43. The van der Waals surface area contributed by atoms with Crippen molar-refractivity contribution in [3.05, 3.63) is 0 Å². The van der Waals surface area contributed by atoms with Crippen molar-refractivity contribution >= 4 is 12.0 Å². The average molecular weight is 258 g/mol. The molecule has 0 radical (unpaired) electrons. The lowest BCUT2D eigenvalue weighted by molar-refractivity contribution is -0.140. The molecule has 0 aliphatic carbocycles. The van der Waals surface area contributed by atoms with Crippen molar-refractivity contribution in [3.8, 4) is 0 Å². The van der Waals surface area contributed by atoms with E-state index in [9.17, 15) is 9.59 Å². The molecule has 0 saturated carbocycles. The summed E-state index contributed by atoms with van der Waals surface area (Å²) in [6.45, 7) is 9.61. The van der Waals surface area contributed by atoms with Gasteiger partial charge in [-0.3, -0.25) is 0 Å². The number of carboxylic acid groups (broad SMARTS) is 1. The van der Waals surface area contributed by atoms with Crippen LogP contribution in [0.15, 0.2) is 0 Å². The Morgan fingerprint density at radius 3 is 2.22 bits per heavy atom. The van der Waals surface area contributed by atoms with E-state index in [1.165, 1.54) is 0 Å². The number of carboxylic acids is 1. The van der Waals surface area contributed by atoms with Crippen molar-refractivity contribution < 1.29 is 14.7 Å². The highest BCUT2D eigenvalue weighted by atomic mass is 16.4. The molecule has 0 aromatic carbocycles. The third kappa shape index (κ3) is 5.89. The molecule has 0 saturated heterocycles. The van der Waals surface area contributed by atoms with E-state index in [0.717, 1.165) is 12.8 Å². The van der Waals surface area contributed by atoms with Crippen molar-refractivity contribution in [1.82, 2.24) is 10.6 Å². The second-order valence-electron chi connectivity index (χ2n) is 5.43. The van der Waals surface area contributed by atoms with Gasteiger partial charge in [-0.1, -0.05) is 33.6 Å². The summed E-state index contributed by atoms with van der Waals surface area (Å²) in [6, 6.07) is -1.26. The SMILES string of the molecule is CCCC(C)(C)NC(=O)N[C@H](C(=O)O)[C@@H](C)CC. The van der Waals surface area contributed by atoms with Crippen LogP contribution in [0.3, 0.4) is 0 Å². The van der Waals surface area contributed by atoms with Gasteiger partial charge in [-0.25, -0.2) is 9.59 Å². The fourth-order valence-electron chi connectivity index (χ4n) is 1.86. The topological polar surface area (TPSA) is 78.4 Å². The zero-order valence-electron chi connectivity index (χ0n) is 12.0. The fourth-order valence-corrected chi connectivity index (χ4v) is 1.86. The molecule has 2 amide bonds. The highest BCUT2D eigenvalue weighted by Gasteiger charge is 2.27. The van der Waals surface area contributed by atoms with Gasteiger partial charge in [-0.15, -0.1) is 0 Å². The van der Waals surface area contributed by atoms with Gasteiger partial charge in [0.2, 0.25) is 0 Å². The molecular formula is C13H26N2O3. The van der Waals surface area contributed by atoms with Crippen LogP contribution in [0.4, 0.5) is 4.79 Å². The lowest BCUT2D eigenvalue weighted by atomic mass is 9.98. The van der Waals surface area contributed by atoms with Crippen molar-refractivity contribution in [2.24, 2.45) is 5.92 Å². The van der Waals surface area contributed by atoms with Crippen LogP contribution in [0.25, 0.3) is 0 Å². The minimum absolute atomic E-state index is 0.0949. The summed E-state index contributed by atoms with van der Waals surface area (Å²) in [5, 5.41) is 14.4. The standard InChI is InChI=1S/C13H26N2O3/c1-6-8-13(4,5)15-12(18)14-10(11(16)17)9(3)7-2/h9-10H,6-8H2,1-5H3,(H,16,17)(H2,14,15,18)/t9-,10-/m0/s1. The van der Waals surface area contributed by atoms with Crippen LogP contribution in [0, 0.1) is 5.92 Å². The Bertz CT molecular complexity index is 290. The normalized spacial score (nSPS) is 14.7. The molecule has 0 bridgehead atoms. The zero-order chi connectivity index (χ0) is 14.3. The van der Waals surface area contributed by atoms with Crippen molar-refractivity contribution in [1.29, 1.82) is 0 Å². The summed E-state index contributed by atoms with van der Waals surface area (Å²) in [7, 11) is 0. The quantitative estimate of drug-likeness (QED) is 0.656. The molecule has 5 heteroatoms. The van der Waals surface area contributed by atoms with E-state index in [2.05, 4.69) is 10.6 Å². The molecule has 0 spiro atoms. The van der Waals surface area contributed by atoms with Gasteiger partial charge in [-0.05, 0) is 26.2 Å². The number of amides is 2. The number of rotatable bonds is 7. The van der Waals surface area contributed by atoms with Crippen LogP contribution in [-0.2, 0) is 4.79 Å². The predicted molar refractivity (Wildman–Crippen MR) is 71.5 cm³/mol. The van der Waals surface area contributed by atoms with Gasteiger partial charge in [-0.2, -0.15) is 0 Å². The van der Waals surface area contributed by atoms with Gasteiger partial charge >= 0.3 is 12.0 Å². The van der Waals surface area contributed by atoms with Crippen LogP contribution < -0.4 is 10.6 Å². The molecule has 0 aliphatic heterocycles. The molecular weight excluding hydrogens is 232 g/mol. The first-order valence-electron chi connectivity index (χ1n) is 6.55. The third-order valence-corrected chi connectivity index (χ3v) is 3.09. The largest absolute Gasteiger partial charge is 0.480 e. The maximum Gasteiger partial charge on any atom is 0.326 e. The lowest BCUT2D eigenvalue weighted by Crippen LogP contribution is -2.54. The lowest BCUT2D eigenvalue weighted by Gasteiger charge is -2.28. The van der Waals surface area contributed by atoms with E-state index in [1.807, 2.05) is 34.6 Å². The molecule has 0 aromatic rings. The molecule has 0 rings (SSSR count). The van der Waals surface area contributed by atoms with E-state index in [4.69, 9.17) is 5.11 Å². The maximum absolute atomic E-state index is 11.8. The van der Waals surface area contributed by atoms with Gasteiger partial charge in [0.1, 0.15) is 6.04 Å². The number of hydrogen-bond donors (Lipinski definition) is 3. The fraction of sp³-hybridized carbons (Fsp3) is 0.846. The smallest absolute Gasteiger partial charge is 0.326 e. The second kappa shape index (κ2) is 7.24. The molecule has 18 heavy (non-hydrogen) atoms. The molecule has 0 aromatic heterocycles. The minimum atomic E-state index is -0.993. The molecule has 5 nitrogen and oxygen atoms in total. The van der Waals surface area contributed by atoms with Gasteiger partial charge in [0.15, 0.2) is 0 Å². The highest BCUT2D eigenvalue weighted by molar-refractivity contribution is 5.83. The van der Waals surface area contributed by atoms with Crippen LogP contribution in [0.1, 0.15) is 53.9 Å². The number of aliphatic carboxylic acids is 1. The van der Waals surface area contributed by atoms with Gasteiger partial charge in [0.25, 0.3) is 0 Å². The van der Waals surface area contributed by atoms with Crippen LogP contribution in [0.2, 0.25) is 0 Å². The first-order chi connectivity index (χ1) is 8.23. The van der Waals surface area contributed by atoms with E-state index in [-0.39, 0.29) is 11.5 Å². The first kappa shape index (κ1) is 16.7. The van der Waals surface area contributed by atoms with Gasteiger partial charge in [0.05, 0.1) is 0 Å². The van der Waals surface area contributed by atoms with E-state index in [0.29, 0.717) is 6.42 Å². The Balaban J connectivity index is 4.48. The predicted octanol–water partition coefficient (Wildman–Crippen LogP) is 2.36. The molecule has 106 valence electrons. The molecule has 0 unspecified atom stereocenters.